The van der Waals surface area contributed by atoms with Gasteiger partial charge in [-0.05, 0) is 38.1 Å². The lowest BCUT2D eigenvalue weighted by Crippen LogP contribution is -2.10. The first kappa shape index (κ1) is 15.0. The number of fused-ring (bicyclic) bond motifs is 1. The zero-order valence-corrected chi connectivity index (χ0v) is 13.1. The van der Waals surface area contributed by atoms with E-state index in [0.29, 0.717) is 22.7 Å². The van der Waals surface area contributed by atoms with Crippen molar-refractivity contribution in [3.63, 3.8) is 0 Å². The van der Waals surface area contributed by atoms with Crippen LogP contribution in [0.25, 0.3) is 22.4 Å². The fourth-order valence-electron chi connectivity index (χ4n) is 2.10. The Morgan fingerprint density at radius 1 is 1.04 bits per heavy atom. The van der Waals surface area contributed by atoms with E-state index in [0.717, 1.165) is 11.3 Å². The summed E-state index contributed by atoms with van der Waals surface area (Å²) in [7, 11) is 1.63. The average molecular weight is 311 g/mol. The molecule has 3 rings (SSSR count). The number of anilines is 1. The van der Waals surface area contributed by atoms with Crippen molar-refractivity contribution in [2.45, 2.75) is 20.0 Å². The van der Waals surface area contributed by atoms with Gasteiger partial charge in [-0.15, -0.1) is 0 Å². The minimum Gasteiger partial charge on any atom is -0.497 e. The fraction of sp³-hybridized carbons (Fsp3) is 0.250. The molecule has 0 unspecified atom stereocenters. The Morgan fingerprint density at radius 3 is 2.43 bits per heavy atom. The molecule has 0 saturated carbocycles. The highest BCUT2D eigenvalue weighted by molar-refractivity contribution is 5.79. The van der Waals surface area contributed by atoms with Crippen molar-refractivity contribution in [2.75, 3.05) is 12.8 Å². The van der Waals surface area contributed by atoms with Crippen molar-refractivity contribution in [2.24, 2.45) is 0 Å². The highest BCUT2D eigenvalue weighted by Gasteiger charge is 2.13. The first-order valence-electron chi connectivity index (χ1n) is 7.18. The molecule has 23 heavy (non-hydrogen) atoms. The predicted molar refractivity (Wildman–Crippen MR) is 87.3 cm³/mol. The van der Waals surface area contributed by atoms with Gasteiger partial charge in [0.25, 0.3) is 0 Å². The van der Waals surface area contributed by atoms with Gasteiger partial charge in [0.1, 0.15) is 5.75 Å². The van der Waals surface area contributed by atoms with E-state index in [1.165, 1.54) is 0 Å². The second kappa shape index (κ2) is 6.04. The molecule has 7 nitrogen and oxygen atoms in total. The van der Waals surface area contributed by atoms with E-state index in [2.05, 4.69) is 19.9 Å². The van der Waals surface area contributed by atoms with E-state index in [4.69, 9.17) is 15.2 Å². The van der Waals surface area contributed by atoms with Gasteiger partial charge in [-0.3, -0.25) is 0 Å². The van der Waals surface area contributed by atoms with Gasteiger partial charge in [-0.25, -0.2) is 9.97 Å². The summed E-state index contributed by atoms with van der Waals surface area (Å²) in [6.07, 6.45) is 1.62. The number of aromatic nitrogens is 4. The molecule has 3 aromatic rings. The Balaban J connectivity index is 2.07. The molecule has 0 aliphatic heterocycles. The normalized spacial score (nSPS) is 11.0. The van der Waals surface area contributed by atoms with Gasteiger partial charge >= 0.3 is 0 Å². The van der Waals surface area contributed by atoms with Gasteiger partial charge in [0, 0.05) is 5.56 Å². The molecule has 0 spiro atoms. The summed E-state index contributed by atoms with van der Waals surface area (Å²) in [5, 5.41) is 0. The van der Waals surface area contributed by atoms with Crippen molar-refractivity contribution in [3.05, 3.63) is 30.5 Å². The van der Waals surface area contributed by atoms with Crippen molar-refractivity contribution < 1.29 is 9.47 Å². The maximum Gasteiger partial charge on any atom is 0.247 e. The van der Waals surface area contributed by atoms with Gasteiger partial charge in [-0.2, -0.15) is 9.97 Å². The van der Waals surface area contributed by atoms with Crippen LogP contribution >= 0.6 is 0 Å². The maximum absolute atomic E-state index is 5.74. The molecule has 0 aliphatic carbocycles. The molecule has 0 bridgehead atoms. The van der Waals surface area contributed by atoms with E-state index in [9.17, 15) is 0 Å². The quantitative estimate of drug-likeness (QED) is 0.790. The zero-order chi connectivity index (χ0) is 16.4. The number of hydrogen-bond donors (Lipinski definition) is 1. The van der Waals surface area contributed by atoms with Crippen LogP contribution in [-0.2, 0) is 0 Å². The summed E-state index contributed by atoms with van der Waals surface area (Å²) in [4.78, 5) is 17.2. The number of nitrogens with zero attached hydrogens (tertiary/aromatic N) is 4. The van der Waals surface area contributed by atoms with Gasteiger partial charge < -0.3 is 15.2 Å². The van der Waals surface area contributed by atoms with Crippen LogP contribution in [0.4, 0.5) is 5.95 Å². The number of rotatable bonds is 4. The third-order valence-electron chi connectivity index (χ3n) is 3.13. The summed E-state index contributed by atoms with van der Waals surface area (Å²) in [5.41, 5.74) is 8.23. The largest absolute Gasteiger partial charge is 0.497 e. The van der Waals surface area contributed by atoms with Crippen molar-refractivity contribution in [3.8, 4) is 22.9 Å². The van der Waals surface area contributed by atoms with Gasteiger partial charge in [0.05, 0.1) is 25.1 Å². The van der Waals surface area contributed by atoms with Crippen LogP contribution in [0, 0.1) is 0 Å². The van der Waals surface area contributed by atoms with Crippen LogP contribution in [0.2, 0.25) is 0 Å². The van der Waals surface area contributed by atoms with Gasteiger partial charge in [-0.1, -0.05) is 0 Å². The average Bonchev–Trinajstić information content (AvgIpc) is 2.53. The molecule has 7 heteroatoms. The van der Waals surface area contributed by atoms with Gasteiger partial charge in [0.2, 0.25) is 11.8 Å². The summed E-state index contributed by atoms with van der Waals surface area (Å²) in [6.45, 7) is 3.81. The molecule has 2 N–H and O–H groups in total. The van der Waals surface area contributed by atoms with Crippen molar-refractivity contribution >= 4 is 17.1 Å². The van der Waals surface area contributed by atoms with Crippen molar-refractivity contribution in [1.82, 2.24) is 19.9 Å². The molecule has 1 aromatic carbocycles. The summed E-state index contributed by atoms with van der Waals surface area (Å²) in [6, 6.07) is 7.54. The molecule has 0 radical (unpaired) electrons. The van der Waals surface area contributed by atoms with Crippen LogP contribution in [0.1, 0.15) is 13.8 Å². The fourth-order valence-corrected chi connectivity index (χ4v) is 2.10. The first-order valence-corrected chi connectivity index (χ1v) is 7.18. The third-order valence-corrected chi connectivity index (χ3v) is 3.13. The second-order valence-electron chi connectivity index (χ2n) is 5.21. The lowest BCUT2D eigenvalue weighted by Gasteiger charge is -2.11. The standard InChI is InChI=1S/C16H17N5O2/c1-9(2)23-15-13-14(20-16(17)21-15)19-12(8-18-13)10-4-6-11(22-3)7-5-10/h4-9H,1-3H3,(H2,17,19,20,21). The molecular formula is C16H17N5O2. The van der Waals surface area contributed by atoms with E-state index < -0.39 is 0 Å². The molecule has 0 atom stereocenters. The predicted octanol–water partition coefficient (Wildman–Crippen LogP) is 2.46. The molecule has 0 saturated heterocycles. The van der Waals surface area contributed by atoms with E-state index in [1.807, 2.05) is 38.1 Å². The zero-order valence-electron chi connectivity index (χ0n) is 13.1. The smallest absolute Gasteiger partial charge is 0.247 e. The van der Waals surface area contributed by atoms with Gasteiger partial charge in [0.15, 0.2) is 11.2 Å². The van der Waals surface area contributed by atoms with E-state index >= 15 is 0 Å². The van der Waals surface area contributed by atoms with E-state index in [-0.39, 0.29) is 12.1 Å². The Labute approximate surface area is 133 Å². The molecule has 0 aliphatic rings. The number of ether oxygens (including phenoxy) is 2. The highest BCUT2D eigenvalue weighted by Crippen LogP contribution is 2.25. The van der Waals surface area contributed by atoms with Crippen LogP contribution in [-0.4, -0.2) is 33.1 Å². The molecular weight excluding hydrogens is 294 g/mol. The lowest BCUT2D eigenvalue weighted by atomic mass is 10.1. The number of methoxy groups -OCH3 is 1. The summed E-state index contributed by atoms with van der Waals surface area (Å²) in [5.74, 6) is 1.23. The summed E-state index contributed by atoms with van der Waals surface area (Å²) < 4.78 is 10.8. The molecule has 2 heterocycles. The number of benzene rings is 1. The number of hydrogen-bond acceptors (Lipinski definition) is 7. The van der Waals surface area contributed by atoms with Crippen LogP contribution in [0.15, 0.2) is 30.5 Å². The Bertz CT molecular complexity index is 834. The molecule has 0 amide bonds. The number of nitrogen functional groups attached to an aromatic ring is 1. The van der Waals surface area contributed by atoms with Crippen molar-refractivity contribution in [1.29, 1.82) is 0 Å². The lowest BCUT2D eigenvalue weighted by molar-refractivity contribution is 0.235. The number of nitrogens with two attached hydrogens (primary N) is 1. The maximum atomic E-state index is 5.74. The summed E-state index contributed by atoms with van der Waals surface area (Å²) >= 11 is 0. The second-order valence-corrected chi connectivity index (χ2v) is 5.21. The minimum absolute atomic E-state index is 0.0458. The first-order chi connectivity index (χ1) is 11.1. The molecule has 0 fully saturated rings. The molecule has 118 valence electrons. The topological polar surface area (TPSA) is 96.0 Å². The van der Waals surface area contributed by atoms with Crippen LogP contribution in [0.3, 0.4) is 0 Å². The minimum atomic E-state index is -0.0458. The van der Waals surface area contributed by atoms with Crippen LogP contribution < -0.4 is 15.2 Å². The van der Waals surface area contributed by atoms with Crippen LogP contribution in [0.5, 0.6) is 11.6 Å². The van der Waals surface area contributed by atoms with E-state index in [1.54, 1.807) is 13.3 Å². The monoisotopic (exact) mass is 311 g/mol. The third kappa shape index (κ3) is 3.13. The molecule has 2 aromatic heterocycles. The SMILES string of the molecule is COc1ccc(-c2cnc3c(OC(C)C)nc(N)nc3n2)cc1. The highest BCUT2D eigenvalue weighted by atomic mass is 16.5. The Hall–Kier alpha value is -2.96. The Morgan fingerprint density at radius 2 is 1.78 bits per heavy atom. The Kier molecular flexibility index (Phi) is 3.92.